The fraction of sp³-hybridized carbons (Fsp3) is 0.421. The number of nitrogens with one attached hydrogen (secondary N) is 1. The van der Waals surface area contributed by atoms with Gasteiger partial charge in [0.2, 0.25) is 0 Å². The van der Waals surface area contributed by atoms with E-state index >= 15 is 0 Å². The number of aliphatic carboxylic acids is 1. The molecule has 30 heavy (non-hydrogen) atoms. The molecule has 162 valence electrons. The number of carboxylic acids is 1. The maximum Gasteiger partial charge on any atom is 0.356 e. The third-order valence-electron chi connectivity index (χ3n) is 4.90. The van der Waals surface area contributed by atoms with Crippen molar-refractivity contribution in [2.24, 2.45) is 5.41 Å². The van der Waals surface area contributed by atoms with Crippen LogP contribution in [-0.4, -0.2) is 61.2 Å². The third-order valence-corrected chi connectivity index (χ3v) is 5.41. The molecule has 2 atom stereocenters. The molecule has 2 aliphatic heterocycles. The predicted octanol–water partition coefficient (Wildman–Crippen LogP) is 0.463. The van der Waals surface area contributed by atoms with Gasteiger partial charge in [0.15, 0.2) is 18.1 Å². The zero-order chi connectivity index (χ0) is 22.3. The smallest absolute Gasteiger partial charge is 0.356 e. The summed E-state index contributed by atoms with van der Waals surface area (Å²) in [7, 11) is -3.99. The number of hydrogen-bond donors (Lipinski definition) is 2. The second kappa shape index (κ2) is 7.63. The summed E-state index contributed by atoms with van der Waals surface area (Å²) in [5, 5.41) is 12.1. The Morgan fingerprint density at radius 2 is 1.90 bits per heavy atom. The van der Waals surface area contributed by atoms with Crippen LogP contribution in [-0.2, 0) is 28.7 Å². The van der Waals surface area contributed by atoms with Crippen LogP contribution in [0.15, 0.2) is 41.8 Å². The number of para-hydroxylation sites is 1. The molecular weight excluding hydrogens is 416 g/mol. The molecule has 0 saturated carbocycles. The van der Waals surface area contributed by atoms with Gasteiger partial charge in [-0.05, 0) is 17.5 Å². The first-order valence-corrected chi connectivity index (χ1v) is 10.9. The number of carboxylic acid groups (broad SMARTS) is 1. The van der Waals surface area contributed by atoms with E-state index < -0.39 is 51.1 Å². The maximum absolute atomic E-state index is 12.7. The van der Waals surface area contributed by atoms with Gasteiger partial charge in [0.25, 0.3) is 11.8 Å². The van der Waals surface area contributed by atoms with Gasteiger partial charge in [-0.3, -0.25) is 14.5 Å². The molecule has 0 bridgehead atoms. The second-order valence-corrected chi connectivity index (χ2v) is 9.40. The lowest BCUT2D eigenvalue weighted by molar-refractivity contribution is -0.164. The van der Waals surface area contributed by atoms with Crippen LogP contribution >= 0.6 is 0 Å². The molecular formula is C19H22N2O8S. The van der Waals surface area contributed by atoms with Gasteiger partial charge in [-0.1, -0.05) is 32.0 Å². The minimum Gasteiger partial charge on any atom is -0.484 e. The molecule has 2 aliphatic rings. The molecule has 10 nitrogen and oxygen atoms in total. The van der Waals surface area contributed by atoms with E-state index in [1.54, 1.807) is 44.2 Å². The zero-order valence-electron chi connectivity index (χ0n) is 16.6. The molecule has 1 aromatic rings. The fourth-order valence-electron chi connectivity index (χ4n) is 3.77. The normalized spacial score (nSPS) is 22.6. The van der Waals surface area contributed by atoms with Crippen molar-refractivity contribution >= 4 is 27.9 Å². The highest BCUT2D eigenvalue weighted by molar-refractivity contribution is 7.86. The number of benzene rings is 1. The van der Waals surface area contributed by atoms with Crippen molar-refractivity contribution in [2.45, 2.75) is 32.4 Å². The number of β-lactam (4-membered cyclic amide) rings is 1. The molecule has 1 aromatic carbocycles. The van der Waals surface area contributed by atoms with E-state index in [1.165, 1.54) is 0 Å². The van der Waals surface area contributed by atoms with E-state index in [-0.39, 0.29) is 18.8 Å². The molecule has 2 amide bonds. The van der Waals surface area contributed by atoms with E-state index in [1.807, 2.05) is 0 Å². The van der Waals surface area contributed by atoms with Crippen molar-refractivity contribution in [3.63, 3.8) is 0 Å². The maximum atomic E-state index is 12.7. The summed E-state index contributed by atoms with van der Waals surface area (Å²) in [4.78, 5) is 37.7. The number of fused-ring (bicyclic) bond motifs is 1. The summed E-state index contributed by atoms with van der Waals surface area (Å²) in [5.74, 6) is -2.50. The Hall–Kier alpha value is -3.08. The number of carbonyl (C=O) groups is 3. The van der Waals surface area contributed by atoms with E-state index in [9.17, 15) is 27.9 Å². The molecule has 2 N–H and O–H groups in total. The number of ether oxygens (including phenoxy) is 1. The van der Waals surface area contributed by atoms with E-state index in [2.05, 4.69) is 5.32 Å². The Bertz CT molecular complexity index is 1020. The van der Waals surface area contributed by atoms with Crippen LogP contribution < -0.4 is 10.1 Å². The molecule has 2 heterocycles. The number of amides is 2. The highest BCUT2D eigenvalue weighted by atomic mass is 32.2. The first kappa shape index (κ1) is 21.6. The first-order valence-electron chi connectivity index (χ1n) is 9.07. The number of nitrogens with zero attached hydrogens (tertiary/aromatic N) is 1. The summed E-state index contributed by atoms with van der Waals surface area (Å²) in [5.41, 5.74) is -1.29. The largest absolute Gasteiger partial charge is 0.484 e. The van der Waals surface area contributed by atoms with Crippen molar-refractivity contribution in [3.8, 4) is 5.75 Å². The topological polar surface area (TPSA) is 139 Å². The Labute approximate surface area is 173 Å². The molecule has 3 rings (SSSR count). The Morgan fingerprint density at radius 1 is 1.27 bits per heavy atom. The lowest BCUT2D eigenvalue weighted by Gasteiger charge is -2.56. The molecule has 0 radical (unpaired) electrons. The lowest BCUT2D eigenvalue weighted by atomic mass is 9.68. The van der Waals surface area contributed by atoms with Gasteiger partial charge in [-0.15, -0.1) is 0 Å². The average molecular weight is 438 g/mol. The first-order chi connectivity index (χ1) is 13.9. The van der Waals surface area contributed by atoms with Crippen LogP contribution in [0.1, 0.15) is 20.3 Å². The average Bonchev–Trinajstić information content (AvgIpc) is 2.63. The fourth-order valence-corrected chi connectivity index (χ4v) is 4.27. The van der Waals surface area contributed by atoms with E-state index in [4.69, 9.17) is 8.92 Å². The van der Waals surface area contributed by atoms with Crippen LogP contribution in [0.5, 0.6) is 5.75 Å². The summed E-state index contributed by atoms with van der Waals surface area (Å²) in [6, 6.07) is 7.03. The van der Waals surface area contributed by atoms with Gasteiger partial charge in [0.05, 0.1) is 12.3 Å². The van der Waals surface area contributed by atoms with Gasteiger partial charge in [0, 0.05) is 6.42 Å². The Balaban J connectivity index is 1.78. The van der Waals surface area contributed by atoms with Crippen LogP contribution in [0.4, 0.5) is 0 Å². The van der Waals surface area contributed by atoms with Gasteiger partial charge < -0.3 is 19.3 Å². The number of hydrogen-bond acceptors (Lipinski definition) is 7. The third kappa shape index (κ3) is 4.25. The standard InChI is InChI=1S/C19H22N2O8S/c1-19(2)9-12(29-30(3,26)27)15(18(24)25)21-16(19)14(17(21)23)20-13(22)10-28-11-7-5-4-6-8-11/h4-8,14,16H,9-10H2,1-3H3,(H,20,22)(H,24,25). The van der Waals surface area contributed by atoms with Crippen molar-refractivity contribution < 1.29 is 36.8 Å². The number of allylic oxidation sites excluding steroid dienone is 1. The van der Waals surface area contributed by atoms with Crippen LogP contribution in [0.3, 0.4) is 0 Å². The minimum atomic E-state index is -3.99. The summed E-state index contributed by atoms with van der Waals surface area (Å²) < 4.78 is 33.3. The molecule has 2 unspecified atom stereocenters. The van der Waals surface area contributed by atoms with Crippen molar-refractivity contribution in [3.05, 3.63) is 41.8 Å². The van der Waals surface area contributed by atoms with Gasteiger partial charge in [0.1, 0.15) is 11.8 Å². The van der Waals surface area contributed by atoms with Crippen molar-refractivity contribution in [1.82, 2.24) is 10.2 Å². The van der Waals surface area contributed by atoms with Gasteiger partial charge in [-0.25, -0.2) is 4.79 Å². The summed E-state index contributed by atoms with van der Waals surface area (Å²) >= 11 is 0. The predicted molar refractivity (Wildman–Crippen MR) is 103 cm³/mol. The Morgan fingerprint density at radius 3 is 2.47 bits per heavy atom. The van der Waals surface area contributed by atoms with Crippen molar-refractivity contribution in [1.29, 1.82) is 0 Å². The SMILES string of the molecule is CC1(C)CC(OS(C)(=O)=O)=C(C(=O)O)N2C(=O)C(NC(=O)COc3ccccc3)C21. The minimum absolute atomic E-state index is 0.0387. The van der Waals surface area contributed by atoms with Crippen LogP contribution in [0.25, 0.3) is 0 Å². The Kier molecular flexibility index (Phi) is 5.50. The molecule has 0 spiro atoms. The molecule has 1 saturated heterocycles. The van der Waals surface area contributed by atoms with Gasteiger partial charge in [-0.2, -0.15) is 8.42 Å². The van der Waals surface area contributed by atoms with Crippen LogP contribution in [0, 0.1) is 5.41 Å². The second-order valence-electron chi connectivity index (χ2n) is 7.83. The van der Waals surface area contributed by atoms with E-state index in [0.717, 1.165) is 11.2 Å². The molecule has 0 aromatic heterocycles. The number of carbonyl (C=O) groups excluding carboxylic acids is 2. The lowest BCUT2D eigenvalue weighted by Crippen LogP contribution is -2.76. The highest BCUT2D eigenvalue weighted by Gasteiger charge is 2.61. The highest BCUT2D eigenvalue weighted by Crippen LogP contribution is 2.47. The summed E-state index contributed by atoms with van der Waals surface area (Å²) in [6.07, 6.45) is 0.759. The monoisotopic (exact) mass is 438 g/mol. The molecule has 0 aliphatic carbocycles. The van der Waals surface area contributed by atoms with Crippen molar-refractivity contribution in [2.75, 3.05) is 12.9 Å². The van der Waals surface area contributed by atoms with Gasteiger partial charge >= 0.3 is 16.1 Å². The molecule has 11 heteroatoms. The number of rotatable bonds is 7. The van der Waals surface area contributed by atoms with E-state index in [0.29, 0.717) is 5.75 Å². The quantitative estimate of drug-likeness (QED) is 0.462. The van der Waals surface area contributed by atoms with Crippen LogP contribution in [0.2, 0.25) is 0 Å². The summed E-state index contributed by atoms with van der Waals surface area (Å²) in [6.45, 7) is 3.16. The molecule has 1 fully saturated rings. The zero-order valence-corrected chi connectivity index (χ0v) is 17.4.